The summed E-state index contributed by atoms with van der Waals surface area (Å²) in [5.74, 6) is 0. The standard InChI is InChI=1S/C8H15N3O/c1-10-4-2-7(6-10)11-5-3-9-8(11)12/h7H,2-6H2,1H3,(H,9,12). The van der Waals surface area contributed by atoms with E-state index in [1.165, 1.54) is 0 Å². The molecule has 1 atom stereocenters. The lowest BCUT2D eigenvalue weighted by molar-refractivity contribution is 0.198. The first-order valence-electron chi connectivity index (χ1n) is 4.50. The number of likely N-dealkylation sites (tertiary alicyclic amines) is 1. The molecule has 0 saturated carbocycles. The summed E-state index contributed by atoms with van der Waals surface area (Å²) in [4.78, 5) is 15.5. The number of hydrogen-bond acceptors (Lipinski definition) is 2. The maximum atomic E-state index is 11.3. The van der Waals surface area contributed by atoms with Crippen LogP contribution in [0, 0.1) is 0 Å². The predicted molar refractivity (Wildman–Crippen MR) is 46.0 cm³/mol. The van der Waals surface area contributed by atoms with Crippen molar-refractivity contribution in [3.05, 3.63) is 0 Å². The first-order chi connectivity index (χ1) is 5.77. The molecule has 0 radical (unpaired) electrons. The van der Waals surface area contributed by atoms with Crippen LogP contribution in [0.1, 0.15) is 6.42 Å². The number of hydrogen-bond donors (Lipinski definition) is 1. The van der Waals surface area contributed by atoms with Crippen LogP contribution in [0.3, 0.4) is 0 Å². The Labute approximate surface area is 72.5 Å². The van der Waals surface area contributed by atoms with Crippen molar-refractivity contribution in [3.8, 4) is 0 Å². The Hall–Kier alpha value is -0.770. The lowest BCUT2D eigenvalue weighted by Crippen LogP contribution is -2.39. The monoisotopic (exact) mass is 169 g/mol. The van der Waals surface area contributed by atoms with Gasteiger partial charge in [-0.3, -0.25) is 0 Å². The third kappa shape index (κ3) is 1.27. The lowest BCUT2D eigenvalue weighted by atomic mass is 10.2. The molecule has 2 aliphatic rings. The van der Waals surface area contributed by atoms with Crippen LogP contribution in [0.15, 0.2) is 0 Å². The molecule has 1 unspecified atom stereocenters. The smallest absolute Gasteiger partial charge is 0.317 e. The second kappa shape index (κ2) is 2.94. The van der Waals surface area contributed by atoms with E-state index in [4.69, 9.17) is 0 Å². The lowest BCUT2D eigenvalue weighted by Gasteiger charge is -2.21. The molecule has 12 heavy (non-hydrogen) atoms. The van der Waals surface area contributed by atoms with E-state index in [1.54, 1.807) is 0 Å². The molecule has 0 aromatic carbocycles. The average molecular weight is 169 g/mol. The van der Waals surface area contributed by atoms with Crippen LogP contribution in [-0.2, 0) is 0 Å². The van der Waals surface area contributed by atoms with E-state index in [0.29, 0.717) is 6.04 Å². The van der Waals surface area contributed by atoms with E-state index in [1.807, 2.05) is 4.90 Å². The van der Waals surface area contributed by atoms with E-state index in [-0.39, 0.29) is 6.03 Å². The molecule has 0 aliphatic carbocycles. The molecule has 2 aliphatic heterocycles. The number of carbonyl (C=O) groups is 1. The fourth-order valence-electron chi connectivity index (χ4n) is 2.00. The normalized spacial score (nSPS) is 31.2. The van der Waals surface area contributed by atoms with Crippen LogP contribution >= 0.6 is 0 Å². The van der Waals surface area contributed by atoms with Crippen molar-refractivity contribution in [1.82, 2.24) is 15.1 Å². The van der Waals surface area contributed by atoms with Gasteiger partial charge in [0.1, 0.15) is 0 Å². The summed E-state index contributed by atoms with van der Waals surface area (Å²) in [5.41, 5.74) is 0. The molecule has 2 saturated heterocycles. The van der Waals surface area contributed by atoms with Gasteiger partial charge in [0, 0.05) is 25.7 Å². The first kappa shape index (κ1) is 7.86. The molecule has 0 spiro atoms. The van der Waals surface area contributed by atoms with Crippen LogP contribution in [0.4, 0.5) is 4.79 Å². The second-order valence-corrected chi connectivity index (χ2v) is 3.63. The summed E-state index contributed by atoms with van der Waals surface area (Å²) >= 11 is 0. The Bertz CT molecular complexity index is 195. The Kier molecular flexibility index (Phi) is 1.92. The molecule has 2 amide bonds. The molecule has 0 bridgehead atoms. The fourth-order valence-corrected chi connectivity index (χ4v) is 2.00. The largest absolute Gasteiger partial charge is 0.336 e. The topological polar surface area (TPSA) is 35.6 Å². The quantitative estimate of drug-likeness (QED) is 0.586. The molecule has 4 heteroatoms. The van der Waals surface area contributed by atoms with Crippen molar-refractivity contribution in [2.45, 2.75) is 12.5 Å². The summed E-state index contributed by atoms with van der Waals surface area (Å²) in [6.45, 7) is 3.86. The molecule has 2 rings (SSSR count). The number of carbonyl (C=O) groups excluding carboxylic acids is 1. The predicted octanol–water partition coefficient (Wildman–Crippen LogP) is -0.284. The minimum absolute atomic E-state index is 0.121. The number of likely N-dealkylation sites (N-methyl/N-ethyl adjacent to an activating group) is 1. The second-order valence-electron chi connectivity index (χ2n) is 3.63. The molecule has 2 fully saturated rings. The Balaban J connectivity index is 1.96. The zero-order valence-electron chi connectivity index (χ0n) is 7.42. The van der Waals surface area contributed by atoms with Crippen molar-refractivity contribution in [1.29, 1.82) is 0 Å². The van der Waals surface area contributed by atoms with Gasteiger partial charge in [0.25, 0.3) is 0 Å². The highest BCUT2D eigenvalue weighted by molar-refractivity contribution is 5.76. The van der Waals surface area contributed by atoms with E-state index in [9.17, 15) is 4.79 Å². The molecular weight excluding hydrogens is 154 g/mol. The molecule has 2 heterocycles. The van der Waals surface area contributed by atoms with E-state index in [0.717, 1.165) is 32.6 Å². The van der Waals surface area contributed by atoms with Gasteiger partial charge in [-0.2, -0.15) is 0 Å². The molecule has 1 N–H and O–H groups in total. The van der Waals surface area contributed by atoms with Crippen molar-refractivity contribution in [2.75, 3.05) is 33.2 Å². The van der Waals surface area contributed by atoms with E-state index in [2.05, 4.69) is 17.3 Å². The highest BCUT2D eigenvalue weighted by Crippen LogP contribution is 2.15. The highest BCUT2D eigenvalue weighted by Gasteiger charge is 2.31. The van der Waals surface area contributed by atoms with Crippen LogP contribution in [0.25, 0.3) is 0 Å². The maximum Gasteiger partial charge on any atom is 0.317 e. The maximum absolute atomic E-state index is 11.3. The van der Waals surface area contributed by atoms with Gasteiger partial charge < -0.3 is 15.1 Å². The number of rotatable bonds is 1. The van der Waals surface area contributed by atoms with Crippen LogP contribution in [0.2, 0.25) is 0 Å². The minimum atomic E-state index is 0.121. The van der Waals surface area contributed by atoms with E-state index >= 15 is 0 Å². The van der Waals surface area contributed by atoms with Gasteiger partial charge in [0.15, 0.2) is 0 Å². The average Bonchev–Trinajstić information content (AvgIpc) is 2.58. The molecule has 68 valence electrons. The Morgan fingerprint density at radius 3 is 2.83 bits per heavy atom. The molecule has 0 aromatic rings. The summed E-state index contributed by atoms with van der Waals surface area (Å²) in [6, 6.07) is 0.577. The van der Waals surface area contributed by atoms with Crippen LogP contribution in [0.5, 0.6) is 0 Å². The number of urea groups is 1. The zero-order valence-corrected chi connectivity index (χ0v) is 7.42. The van der Waals surface area contributed by atoms with Crippen LogP contribution in [-0.4, -0.2) is 55.1 Å². The van der Waals surface area contributed by atoms with Crippen molar-refractivity contribution in [2.24, 2.45) is 0 Å². The summed E-state index contributed by atoms with van der Waals surface area (Å²) in [6.07, 6.45) is 1.13. The van der Waals surface area contributed by atoms with Gasteiger partial charge in [-0.15, -0.1) is 0 Å². The van der Waals surface area contributed by atoms with Crippen molar-refractivity contribution in [3.63, 3.8) is 0 Å². The zero-order chi connectivity index (χ0) is 8.55. The number of nitrogens with zero attached hydrogens (tertiary/aromatic N) is 2. The van der Waals surface area contributed by atoms with Gasteiger partial charge >= 0.3 is 6.03 Å². The van der Waals surface area contributed by atoms with Gasteiger partial charge in [0.05, 0.1) is 0 Å². The molecule has 0 aromatic heterocycles. The van der Waals surface area contributed by atoms with Crippen LogP contribution < -0.4 is 5.32 Å². The van der Waals surface area contributed by atoms with Gasteiger partial charge in [0.2, 0.25) is 0 Å². The summed E-state index contributed by atoms with van der Waals surface area (Å²) < 4.78 is 0. The Morgan fingerprint density at radius 1 is 1.50 bits per heavy atom. The fraction of sp³-hybridized carbons (Fsp3) is 0.875. The third-order valence-corrected chi connectivity index (χ3v) is 2.70. The number of amides is 2. The van der Waals surface area contributed by atoms with Crippen molar-refractivity contribution < 1.29 is 4.79 Å². The summed E-state index contributed by atoms with van der Waals surface area (Å²) in [7, 11) is 2.11. The molecule has 4 nitrogen and oxygen atoms in total. The van der Waals surface area contributed by atoms with E-state index < -0.39 is 0 Å². The minimum Gasteiger partial charge on any atom is -0.336 e. The van der Waals surface area contributed by atoms with Crippen molar-refractivity contribution >= 4 is 6.03 Å². The Morgan fingerprint density at radius 2 is 2.33 bits per heavy atom. The third-order valence-electron chi connectivity index (χ3n) is 2.70. The highest BCUT2D eigenvalue weighted by atomic mass is 16.2. The number of nitrogens with one attached hydrogen (secondary N) is 1. The first-order valence-corrected chi connectivity index (χ1v) is 4.50. The summed E-state index contributed by atoms with van der Waals surface area (Å²) in [5, 5.41) is 2.83. The molecular formula is C8H15N3O. The SMILES string of the molecule is CN1CCC(N2CCNC2=O)C1. The van der Waals surface area contributed by atoms with Gasteiger partial charge in [-0.25, -0.2) is 4.79 Å². The van der Waals surface area contributed by atoms with Gasteiger partial charge in [-0.1, -0.05) is 0 Å². The van der Waals surface area contributed by atoms with Gasteiger partial charge in [-0.05, 0) is 20.0 Å².